The van der Waals surface area contributed by atoms with E-state index in [2.05, 4.69) is 29.7 Å². The van der Waals surface area contributed by atoms with Gasteiger partial charge >= 0.3 is 0 Å². The number of fused-ring (bicyclic) bond motifs is 1. The summed E-state index contributed by atoms with van der Waals surface area (Å²) in [6.07, 6.45) is 4.86. The number of imidazole rings is 1. The summed E-state index contributed by atoms with van der Waals surface area (Å²) < 4.78 is 62.9. The number of aromatic nitrogens is 4. The first-order chi connectivity index (χ1) is 16.8. The lowest BCUT2D eigenvalue weighted by atomic mass is 10.3. The van der Waals surface area contributed by atoms with Gasteiger partial charge < -0.3 is 19.4 Å². The van der Waals surface area contributed by atoms with Crippen molar-refractivity contribution < 1.29 is 35.4 Å². The van der Waals surface area contributed by atoms with Crippen molar-refractivity contribution in [3.8, 4) is 11.5 Å². The van der Waals surface area contributed by atoms with E-state index in [0.717, 1.165) is 55.7 Å². The molecule has 1 fully saturated rings. The minimum absolute atomic E-state index is 0.635. The van der Waals surface area contributed by atoms with Crippen LogP contribution >= 0.6 is 0 Å². The third-order valence-electron chi connectivity index (χ3n) is 4.55. The Labute approximate surface area is 209 Å². The van der Waals surface area contributed by atoms with Gasteiger partial charge in [0.25, 0.3) is 20.2 Å². The third-order valence-corrected chi connectivity index (χ3v) is 4.55. The highest BCUT2D eigenvalue weighted by atomic mass is 32.2. The van der Waals surface area contributed by atoms with E-state index < -0.39 is 20.2 Å². The monoisotopic (exact) mass is 546 g/mol. The molecule has 4 rings (SSSR count). The number of methoxy groups -OCH3 is 1. The molecule has 0 bridgehead atoms. The van der Waals surface area contributed by atoms with Crippen LogP contribution in [0.1, 0.15) is 0 Å². The van der Waals surface area contributed by atoms with E-state index >= 15 is 0 Å². The zero-order valence-corrected chi connectivity index (χ0v) is 21.7. The van der Waals surface area contributed by atoms with Crippen LogP contribution in [0, 0.1) is 0 Å². The van der Waals surface area contributed by atoms with Gasteiger partial charge in [0.1, 0.15) is 12.1 Å². The molecule has 3 N–H and O–H groups in total. The highest BCUT2D eigenvalue weighted by Gasteiger charge is 2.19. The Morgan fingerprint density at radius 1 is 0.972 bits per heavy atom. The number of ether oxygens (including phenoxy) is 2. The minimum atomic E-state index is -3.67. The van der Waals surface area contributed by atoms with Crippen molar-refractivity contribution in [3.05, 3.63) is 36.8 Å². The fraction of sp³-hybridized carbons (Fsp3) is 0.450. The number of para-hydroxylation sites is 2. The van der Waals surface area contributed by atoms with E-state index in [1.807, 2.05) is 24.3 Å². The molecule has 0 amide bonds. The first kappa shape index (κ1) is 29.2. The molecule has 1 saturated heterocycles. The molecule has 1 aromatic carbocycles. The Morgan fingerprint density at radius 2 is 1.56 bits per heavy atom. The summed E-state index contributed by atoms with van der Waals surface area (Å²) in [6, 6.07) is 7.73. The van der Waals surface area contributed by atoms with Crippen molar-refractivity contribution in [1.29, 1.82) is 0 Å². The zero-order chi connectivity index (χ0) is 26.8. The van der Waals surface area contributed by atoms with Crippen LogP contribution in [0.15, 0.2) is 36.8 Å². The van der Waals surface area contributed by atoms with Crippen molar-refractivity contribution in [1.82, 2.24) is 24.8 Å². The van der Waals surface area contributed by atoms with Gasteiger partial charge in [-0.15, -0.1) is 0 Å². The zero-order valence-electron chi connectivity index (χ0n) is 20.1. The number of piperazine rings is 1. The van der Waals surface area contributed by atoms with Crippen LogP contribution in [-0.4, -0.2) is 110 Å². The second-order valence-electron chi connectivity index (χ2n) is 7.60. The highest BCUT2D eigenvalue weighted by molar-refractivity contribution is 7.85. The molecule has 36 heavy (non-hydrogen) atoms. The number of benzene rings is 1. The number of nitrogens with zero attached hydrogens (tertiary/aromatic N) is 5. The number of nitrogens with one attached hydrogen (secondary N) is 1. The van der Waals surface area contributed by atoms with E-state index in [4.69, 9.17) is 18.6 Å². The average Bonchev–Trinajstić information content (AvgIpc) is 3.26. The standard InChI is InChI=1S/C18H22N6O2.2CH4O3S/c1-25-15-4-2-3-5-16(15)26-11-10-23-6-8-24(9-7-23)18-19-12-14-17(22-18)21-13-20-14;2*1-5(2,3)4/h2-5,12-13H,6-11H2,1H3,(H,19,20,21,22);2*1H3,(H,2,3,4). The Hall–Kier alpha value is -3.05. The van der Waals surface area contributed by atoms with Gasteiger partial charge in [0.05, 0.1) is 32.1 Å². The van der Waals surface area contributed by atoms with Crippen LogP contribution < -0.4 is 14.4 Å². The predicted octanol–water partition coefficient (Wildman–Crippen LogP) is 0.571. The summed E-state index contributed by atoms with van der Waals surface area (Å²) in [7, 11) is -5.68. The molecule has 0 aliphatic carbocycles. The van der Waals surface area contributed by atoms with Gasteiger partial charge in [-0.25, -0.2) is 9.97 Å². The second kappa shape index (κ2) is 13.3. The first-order valence-corrected chi connectivity index (χ1v) is 14.3. The van der Waals surface area contributed by atoms with Crippen LogP contribution in [0.4, 0.5) is 5.95 Å². The normalized spacial score (nSPS) is 14.3. The summed E-state index contributed by atoms with van der Waals surface area (Å²) >= 11 is 0. The van der Waals surface area contributed by atoms with E-state index in [1.54, 1.807) is 19.6 Å². The lowest BCUT2D eigenvalue weighted by molar-refractivity contribution is 0.196. The fourth-order valence-corrected chi connectivity index (χ4v) is 3.07. The molecule has 3 aromatic rings. The van der Waals surface area contributed by atoms with E-state index in [1.165, 1.54) is 0 Å². The second-order valence-corrected chi connectivity index (χ2v) is 10.5. The summed E-state index contributed by atoms with van der Waals surface area (Å²) in [5, 5.41) is 0. The molecule has 3 heterocycles. The Morgan fingerprint density at radius 3 is 2.14 bits per heavy atom. The van der Waals surface area contributed by atoms with Crippen molar-refractivity contribution in [2.24, 2.45) is 0 Å². The molecule has 0 saturated carbocycles. The van der Waals surface area contributed by atoms with E-state index in [9.17, 15) is 16.8 Å². The number of hydrogen-bond donors (Lipinski definition) is 3. The maximum absolute atomic E-state index is 9.19. The molecular weight excluding hydrogens is 516 g/mol. The van der Waals surface area contributed by atoms with Gasteiger partial charge in [-0.05, 0) is 12.1 Å². The largest absolute Gasteiger partial charge is 0.493 e. The van der Waals surface area contributed by atoms with Crippen molar-refractivity contribution >= 4 is 37.3 Å². The Kier molecular flexibility index (Phi) is 10.8. The Bertz CT molecular complexity index is 1260. The van der Waals surface area contributed by atoms with Gasteiger partial charge in [-0.2, -0.15) is 21.8 Å². The first-order valence-electron chi connectivity index (χ1n) is 10.6. The topological polar surface area (TPSA) is 188 Å². The molecule has 1 aliphatic rings. The number of anilines is 1. The molecule has 0 spiro atoms. The SMILES string of the molecule is COc1ccccc1OCCN1CCN(c2ncc3[nH]cnc3n2)CC1.CS(=O)(=O)O.CS(=O)(=O)O. The molecule has 0 unspecified atom stereocenters. The molecule has 1 aliphatic heterocycles. The van der Waals surface area contributed by atoms with Crippen LogP contribution in [0.3, 0.4) is 0 Å². The maximum Gasteiger partial charge on any atom is 0.261 e. The quantitative estimate of drug-likeness (QED) is 0.364. The molecule has 0 radical (unpaired) electrons. The highest BCUT2D eigenvalue weighted by Crippen LogP contribution is 2.25. The van der Waals surface area contributed by atoms with Gasteiger partial charge in [-0.1, -0.05) is 12.1 Å². The minimum Gasteiger partial charge on any atom is -0.493 e. The van der Waals surface area contributed by atoms with Crippen LogP contribution in [0.25, 0.3) is 11.2 Å². The summed E-state index contributed by atoms with van der Waals surface area (Å²) in [4.78, 5) is 20.8. The molecule has 16 heteroatoms. The molecular formula is C20H30N6O8S2. The van der Waals surface area contributed by atoms with Crippen molar-refractivity contribution in [2.75, 3.05) is 63.9 Å². The fourth-order valence-electron chi connectivity index (χ4n) is 3.07. The maximum atomic E-state index is 9.19. The van der Waals surface area contributed by atoms with Gasteiger partial charge in [-0.3, -0.25) is 14.0 Å². The number of aromatic amines is 1. The van der Waals surface area contributed by atoms with Gasteiger partial charge in [0, 0.05) is 32.7 Å². The summed E-state index contributed by atoms with van der Waals surface area (Å²) in [5.41, 5.74) is 1.57. The van der Waals surface area contributed by atoms with Crippen molar-refractivity contribution in [3.63, 3.8) is 0 Å². The van der Waals surface area contributed by atoms with E-state index in [-0.39, 0.29) is 0 Å². The van der Waals surface area contributed by atoms with Crippen LogP contribution in [-0.2, 0) is 20.2 Å². The lowest BCUT2D eigenvalue weighted by Crippen LogP contribution is -2.48. The number of H-pyrrole nitrogens is 1. The predicted molar refractivity (Wildman–Crippen MR) is 134 cm³/mol. The van der Waals surface area contributed by atoms with Gasteiger partial charge in [0.15, 0.2) is 17.1 Å². The van der Waals surface area contributed by atoms with Crippen molar-refractivity contribution in [2.45, 2.75) is 0 Å². The van der Waals surface area contributed by atoms with E-state index in [0.29, 0.717) is 24.8 Å². The number of hydrogen-bond acceptors (Lipinski definition) is 11. The summed E-state index contributed by atoms with van der Waals surface area (Å²) in [5.74, 6) is 2.30. The Balaban J connectivity index is 0.000000389. The summed E-state index contributed by atoms with van der Waals surface area (Å²) in [6.45, 7) is 5.21. The molecule has 200 valence electrons. The molecule has 14 nitrogen and oxygen atoms in total. The third kappa shape index (κ3) is 11.6. The smallest absolute Gasteiger partial charge is 0.261 e. The molecule has 0 atom stereocenters. The average molecular weight is 547 g/mol. The number of rotatable bonds is 6. The van der Waals surface area contributed by atoms with Crippen LogP contribution in [0.5, 0.6) is 11.5 Å². The molecule has 2 aromatic heterocycles. The van der Waals surface area contributed by atoms with Crippen LogP contribution in [0.2, 0.25) is 0 Å². The lowest BCUT2D eigenvalue weighted by Gasteiger charge is -2.34. The van der Waals surface area contributed by atoms with Gasteiger partial charge in [0.2, 0.25) is 5.95 Å².